The van der Waals surface area contributed by atoms with E-state index in [1.165, 1.54) is 10.5 Å². The van der Waals surface area contributed by atoms with E-state index in [9.17, 15) is 26.3 Å². The molecule has 0 bridgehead atoms. The van der Waals surface area contributed by atoms with Gasteiger partial charge in [0.2, 0.25) is 0 Å². The van der Waals surface area contributed by atoms with Crippen LogP contribution in [0.4, 0.5) is 32.0 Å². The molecule has 0 unspecified atom stereocenters. The smallest absolute Gasteiger partial charge is 0.285 e. The molecule has 0 N–H and O–H groups in total. The molecule has 0 saturated heterocycles. The third kappa shape index (κ3) is 3.07. The highest BCUT2D eigenvalue weighted by Crippen LogP contribution is 2.37. The highest BCUT2D eigenvalue weighted by Gasteiger charge is 2.38. The standard InChI is InChI=1S/C16H9ClF6N4/c17-26-4-3-9-5-8(1-2-11(9)26)12-6-10(15(18,19)20)7-13-24-14(16(21,22)23)25-27(12)13/h1-2,5-7H,3-4H2. The molecule has 11 heteroatoms. The molecule has 4 nitrogen and oxygen atoms in total. The largest absolute Gasteiger partial charge is 0.453 e. The van der Waals surface area contributed by atoms with Crippen LogP contribution in [0, 0.1) is 0 Å². The molecule has 0 radical (unpaired) electrons. The van der Waals surface area contributed by atoms with Crippen molar-refractivity contribution in [3.63, 3.8) is 0 Å². The summed E-state index contributed by atoms with van der Waals surface area (Å²) in [7, 11) is 0. The van der Waals surface area contributed by atoms with Crippen molar-refractivity contribution in [1.82, 2.24) is 14.6 Å². The van der Waals surface area contributed by atoms with Crippen molar-refractivity contribution in [3.8, 4) is 11.3 Å². The Morgan fingerprint density at radius 1 is 0.963 bits per heavy atom. The summed E-state index contributed by atoms with van der Waals surface area (Å²) < 4.78 is 80.7. The number of aromatic nitrogens is 3. The fraction of sp³-hybridized carbons (Fsp3) is 0.250. The average molecular weight is 407 g/mol. The summed E-state index contributed by atoms with van der Waals surface area (Å²) in [5.74, 6) is -1.50. The highest BCUT2D eigenvalue weighted by atomic mass is 35.5. The van der Waals surface area contributed by atoms with E-state index < -0.39 is 29.4 Å². The summed E-state index contributed by atoms with van der Waals surface area (Å²) in [5.41, 5.74) is -0.00581. The van der Waals surface area contributed by atoms with E-state index in [0.717, 1.165) is 16.1 Å². The number of benzene rings is 1. The van der Waals surface area contributed by atoms with Gasteiger partial charge in [-0.25, -0.2) is 9.50 Å². The summed E-state index contributed by atoms with van der Waals surface area (Å²) in [5, 5.41) is 3.37. The Morgan fingerprint density at radius 3 is 2.37 bits per heavy atom. The topological polar surface area (TPSA) is 33.4 Å². The second-order valence-electron chi connectivity index (χ2n) is 6.01. The zero-order valence-corrected chi connectivity index (χ0v) is 14.0. The number of nitrogens with zero attached hydrogens (tertiary/aromatic N) is 4. The van der Waals surface area contributed by atoms with Gasteiger partial charge in [0.25, 0.3) is 5.82 Å². The van der Waals surface area contributed by atoms with Gasteiger partial charge in [-0.3, -0.25) is 4.42 Å². The van der Waals surface area contributed by atoms with Gasteiger partial charge in [0, 0.05) is 23.9 Å². The van der Waals surface area contributed by atoms with Crippen molar-refractivity contribution < 1.29 is 26.3 Å². The molecule has 4 rings (SSSR count). The molecular formula is C16H9ClF6N4. The molecule has 0 amide bonds. The van der Waals surface area contributed by atoms with E-state index in [4.69, 9.17) is 11.8 Å². The predicted molar refractivity (Wildman–Crippen MR) is 85.3 cm³/mol. The van der Waals surface area contributed by atoms with Crippen LogP contribution in [0.15, 0.2) is 30.3 Å². The molecule has 3 aromatic rings. The summed E-state index contributed by atoms with van der Waals surface area (Å²) in [6.07, 6.45) is -9.05. The number of halogens is 7. The molecule has 0 spiro atoms. The van der Waals surface area contributed by atoms with Crippen molar-refractivity contribution in [2.24, 2.45) is 0 Å². The number of pyridine rings is 1. The van der Waals surface area contributed by atoms with Crippen molar-refractivity contribution in [2.75, 3.05) is 11.0 Å². The van der Waals surface area contributed by atoms with Gasteiger partial charge >= 0.3 is 12.4 Å². The predicted octanol–water partition coefficient (Wildman–Crippen LogP) is 4.95. The maximum Gasteiger partial charge on any atom is 0.453 e. The lowest BCUT2D eigenvalue weighted by atomic mass is 10.0. The number of anilines is 1. The van der Waals surface area contributed by atoms with Crippen molar-refractivity contribution in [2.45, 2.75) is 18.8 Å². The van der Waals surface area contributed by atoms with Crippen LogP contribution in [-0.4, -0.2) is 21.1 Å². The van der Waals surface area contributed by atoms with Crippen LogP contribution in [0.3, 0.4) is 0 Å². The molecule has 27 heavy (non-hydrogen) atoms. The van der Waals surface area contributed by atoms with E-state index in [1.807, 2.05) is 0 Å². The SMILES string of the molecule is FC(F)(F)c1cc(-c2ccc3c(c2)CCN3Cl)n2nc(C(F)(F)F)nc2c1. The Bertz CT molecular complexity index is 1040. The second kappa shape index (κ2) is 5.75. The lowest BCUT2D eigenvalue weighted by Crippen LogP contribution is -2.08. The minimum atomic E-state index is -4.88. The molecule has 0 fully saturated rings. The minimum absolute atomic E-state index is 0.140. The van der Waals surface area contributed by atoms with Gasteiger partial charge in [0.1, 0.15) is 0 Å². The van der Waals surface area contributed by atoms with Crippen molar-refractivity contribution in [1.29, 1.82) is 0 Å². The molecule has 142 valence electrons. The first kappa shape index (κ1) is 17.9. The van der Waals surface area contributed by atoms with Gasteiger partial charge in [-0.15, -0.1) is 5.10 Å². The molecule has 0 aliphatic carbocycles. The van der Waals surface area contributed by atoms with Gasteiger partial charge < -0.3 is 0 Å². The molecule has 1 aliphatic heterocycles. The number of alkyl halides is 6. The molecule has 2 aromatic heterocycles. The summed E-state index contributed by atoms with van der Waals surface area (Å²) in [6, 6.07) is 6.00. The first-order chi connectivity index (χ1) is 12.5. The van der Waals surface area contributed by atoms with E-state index in [0.29, 0.717) is 24.7 Å². The lowest BCUT2D eigenvalue weighted by molar-refractivity contribution is -0.144. The number of hydrogen-bond donors (Lipinski definition) is 0. The van der Waals surface area contributed by atoms with E-state index in [2.05, 4.69) is 10.1 Å². The van der Waals surface area contributed by atoms with Gasteiger partial charge in [-0.2, -0.15) is 26.3 Å². The lowest BCUT2D eigenvalue weighted by Gasteiger charge is -2.12. The number of rotatable bonds is 1. The van der Waals surface area contributed by atoms with Crippen LogP contribution in [-0.2, 0) is 18.8 Å². The third-order valence-electron chi connectivity index (χ3n) is 4.23. The van der Waals surface area contributed by atoms with E-state index in [1.54, 1.807) is 12.1 Å². The zero-order chi connectivity index (χ0) is 19.6. The Hall–Kier alpha value is -2.49. The molecule has 0 saturated carbocycles. The van der Waals surface area contributed by atoms with Gasteiger partial charge in [-0.1, -0.05) is 6.07 Å². The maximum atomic E-state index is 13.2. The fourth-order valence-corrected chi connectivity index (χ4v) is 3.24. The zero-order valence-electron chi connectivity index (χ0n) is 13.2. The van der Waals surface area contributed by atoms with Crippen LogP contribution in [0.1, 0.15) is 17.0 Å². The Balaban J connectivity index is 1.96. The first-order valence-electron chi connectivity index (χ1n) is 7.66. The van der Waals surface area contributed by atoms with Crippen molar-refractivity contribution >= 4 is 23.1 Å². The van der Waals surface area contributed by atoms with E-state index in [-0.39, 0.29) is 11.3 Å². The normalized spacial score (nSPS) is 14.9. The van der Waals surface area contributed by atoms with Crippen LogP contribution in [0.2, 0.25) is 0 Å². The quantitative estimate of drug-likeness (QED) is 0.423. The Morgan fingerprint density at radius 2 is 1.70 bits per heavy atom. The van der Waals surface area contributed by atoms with Crippen LogP contribution >= 0.6 is 11.8 Å². The van der Waals surface area contributed by atoms with Gasteiger partial charge in [-0.05, 0) is 36.2 Å². The number of hydrogen-bond acceptors (Lipinski definition) is 3. The van der Waals surface area contributed by atoms with Gasteiger partial charge in [0.15, 0.2) is 5.65 Å². The van der Waals surface area contributed by atoms with Gasteiger partial charge in [0.05, 0.1) is 16.9 Å². The van der Waals surface area contributed by atoms with E-state index >= 15 is 0 Å². The summed E-state index contributed by atoms with van der Waals surface area (Å²) in [4.78, 5) is 3.23. The average Bonchev–Trinajstić information content (AvgIpc) is 3.16. The first-order valence-corrected chi connectivity index (χ1v) is 8.00. The second-order valence-corrected chi connectivity index (χ2v) is 6.42. The highest BCUT2D eigenvalue weighted by molar-refractivity contribution is 6.26. The van der Waals surface area contributed by atoms with Crippen LogP contribution < -0.4 is 4.42 Å². The molecule has 1 aliphatic rings. The van der Waals surface area contributed by atoms with Crippen LogP contribution in [0.25, 0.3) is 16.9 Å². The monoisotopic (exact) mass is 406 g/mol. The summed E-state index contributed by atoms with van der Waals surface area (Å²) in [6.45, 7) is 0.528. The molecular weight excluding hydrogens is 398 g/mol. The molecule has 1 aromatic carbocycles. The molecule has 0 atom stereocenters. The van der Waals surface area contributed by atoms with Crippen LogP contribution in [0.5, 0.6) is 0 Å². The maximum absolute atomic E-state index is 13.2. The summed E-state index contributed by atoms with van der Waals surface area (Å²) >= 11 is 6.01. The van der Waals surface area contributed by atoms with Crippen molar-refractivity contribution in [3.05, 3.63) is 47.3 Å². The third-order valence-corrected chi connectivity index (χ3v) is 4.58. The number of fused-ring (bicyclic) bond motifs is 2. The Labute approximate surface area is 153 Å². The minimum Gasteiger partial charge on any atom is -0.285 e. The Kier molecular flexibility index (Phi) is 3.81. The fourth-order valence-electron chi connectivity index (χ4n) is 2.99. The molecule has 3 heterocycles.